The first-order valence-corrected chi connectivity index (χ1v) is 11.7. The fraction of sp³-hybridized carbons (Fsp3) is 0.296. The first kappa shape index (κ1) is 22.7. The van der Waals surface area contributed by atoms with Crippen LogP contribution in [0.15, 0.2) is 65.2 Å². The largest absolute Gasteiger partial charge is 0.493 e. The minimum atomic E-state index is -0.168. The van der Waals surface area contributed by atoms with Crippen LogP contribution < -0.4 is 14.8 Å². The Morgan fingerprint density at radius 1 is 1.14 bits per heavy atom. The number of pyridine rings is 1. The van der Waals surface area contributed by atoms with Crippen LogP contribution in [0.1, 0.15) is 31.4 Å². The van der Waals surface area contributed by atoms with Crippen LogP contribution in [0.2, 0.25) is 0 Å². The maximum absolute atomic E-state index is 12.0. The summed E-state index contributed by atoms with van der Waals surface area (Å²) in [6.45, 7) is 2.68. The third-order valence-electron chi connectivity index (χ3n) is 5.85. The van der Waals surface area contributed by atoms with E-state index in [4.69, 9.17) is 13.9 Å². The van der Waals surface area contributed by atoms with Gasteiger partial charge in [0.2, 0.25) is 11.8 Å². The number of aromatic nitrogens is 2. The Balaban J connectivity index is 1.27. The van der Waals surface area contributed by atoms with E-state index >= 15 is 0 Å². The molecule has 4 aromatic rings. The van der Waals surface area contributed by atoms with Gasteiger partial charge in [0.1, 0.15) is 17.0 Å². The van der Waals surface area contributed by atoms with E-state index in [1.54, 1.807) is 26.4 Å². The maximum Gasteiger partial charge on any atom is 0.317 e. The number of amides is 2. The number of ether oxygens (including phenoxy) is 2. The van der Waals surface area contributed by atoms with Crippen LogP contribution in [0.5, 0.6) is 17.4 Å². The van der Waals surface area contributed by atoms with Crippen molar-refractivity contribution in [1.29, 1.82) is 0 Å². The van der Waals surface area contributed by atoms with E-state index in [1.807, 2.05) is 55.5 Å². The van der Waals surface area contributed by atoms with Crippen molar-refractivity contribution in [2.24, 2.45) is 5.92 Å². The second-order valence-electron chi connectivity index (χ2n) is 9.03. The smallest absolute Gasteiger partial charge is 0.317 e. The molecule has 1 atom stereocenters. The Kier molecular flexibility index (Phi) is 6.27. The molecule has 8 heteroatoms. The van der Waals surface area contributed by atoms with Crippen LogP contribution in [0.25, 0.3) is 22.6 Å². The molecule has 2 aromatic heterocycles. The SMILES string of the molecule is CC(NC(=O)N(C)C)c1ccc2nc(-c3ccc(Oc4cccc(OCC5CC5)c4)nc3)oc2c1. The van der Waals surface area contributed by atoms with Crippen LogP contribution in [-0.2, 0) is 0 Å². The van der Waals surface area contributed by atoms with Gasteiger partial charge < -0.3 is 24.1 Å². The number of carbonyl (C=O) groups is 1. The van der Waals surface area contributed by atoms with Crippen molar-refractivity contribution in [3.63, 3.8) is 0 Å². The van der Waals surface area contributed by atoms with Crippen molar-refractivity contribution >= 4 is 17.1 Å². The molecule has 35 heavy (non-hydrogen) atoms. The summed E-state index contributed by atoms with van der Waals surface area (Å²) in [5, 5.41) is 2.94. The van der Waals surface area contributed by atoms with Crippen molar-refractivity contribution in [2.75, 3.05) is 20.7 Å². The molecule has 0 radical (unpaired) electrons. The van der Waals surface area contributed by atoms with Gasteiger partial charge >= 0.3 is 6.03 Å². The zero-order chi connectivity index (χ0) is 24.4. The van der Waals surface area contributed by atoms with Gasteiger partial charge in [-0.25, -0.2) is 14.8 Å². The summed E-state index contributed by atoms with van der Waals surface area (Å²) >= 11 is 0. The Hall–Kier alpha value is -4.07. The number of rotatable bonds is 8. The topological polar surface area (TPSA) is 89.7 Å². The van der Waals surface area contributed by atoms with E-state index < -0.39 is 0 Å². The molecule has 1 unspecified atom stereocenters. The molecule has 1 saturated carbocycles. The highest BCUT2D eigenvalue weighted by Gasteiger charge is 2.22. The van der Waals surface area contributed by atoms with Crippen LogP contribution in [0, 0.1) is 5.92 Å². The van der Waals surface area contributed by atoms with Gasteiger partial charge in [-0.3, -0.25) is 0 Å². The average molecular weight is 473 g/mol. The maximum atomic E-state index is 12.0. The quantitative estimate of drug-likeness (QED) is 0.348. The zero-order valence-corrected chi connectivity index (χ0v) is 20.0. The lowest BCUT2D eigenvalue weighted by molar-refractivity contribution is 0.214. The summed E-state index contributed by atoms with van der Waals surface area (Å²) in [7, 11) is 3.42. The Bertz CT molecular complexity index is 1330. The number of fused-ring (bicyclic) bond motifs is 1. The molecule has 0 bridgehead atoms. The monoisotopic (exact) mass is 472 g/mol. The minimum absolute atomic E-state index is 0.151. The van der Waals surface area contributed by atoms with Gasteiger partial charge in [-0.05, 0) is 61.6 Å². The highest BCUT2D eigenvalue weighted by Crippen LogP contribution is 2.31. The second-order valence-corrected chi connectivity index (χ2v) is 9.03. The third-order valence-corrected chi connectivity index (χ3v) is 5.85. The summed E-state index contributed by atoms with van der Waals surface area (Å²) in [5.41, 5.74) is 3.05. The average Bonchev–Trinajstić information content (AvgIpc) is 3.59. The molecule has 0 aliphatic heterocycles. The Morgan fingerprint density at radius 2 is 1.97 bits per heavy atom. The number of carbonyl (C=O) groups excluding carboxylic acids is 1. The normalized spacial score (nSPS) is 13.9. The first-order valence-electron chi connectivity index (χ1n) is 11.7. The first-order chi connectivity index (χ1) is 16.9. The fourth-order valence-corrected chi connectivity index (χ4v) is 3.55. The van der Waals surface area contributed by atoms with E-state index in [-0.39, 0.29) is 12.1 Å². The highest BCUT2D eigenvalue weighted by molar-refractivity contribution is 5.78. The van der Waals surface area contributed by atoms with Crippen LogP contribution in [0.3, 0.4) is 0 Å². The predicted molar refractivity (Wildman–Crippen MR) is 133 cm³/mol. The summed E-state index contributed by atoms with van der Waals surface area (Å²) in [5.74, 6) is 3.10. The summed E-state index contributed by atoms with van der Waals surface area (Å²) < 4.78 is 17.7. The standard InChI is InChI=1S/C27H28N4O4/c1-17(29-27(32)31(2)3)19-9-11-23-24(13-19)35-26(30-23)20-10-12-25(28-15-20)34-22-6-4-5-21(14-22)33-16-18-7-8-18/h4-6,9-15,17-18H,7-8,16H2,1-3H3,(H,29,32). The van der Waals surface area contributed by atoms with E-state index in [0.29, 0.717) is 29.0 Å². The lowest BCUT2D eigenvalue weighted by atomic mass is 10.1. The number of nitrogens with one attached hydrogen (secondary N) is 1. The van der Waals surface area contributed by atoms with Gasteiger partial charge in [-0.1, -0.05) is 12.1 Å². The molecular formula is C27H28N4O4. The molecule has 2 amide bonds. The molecule has 2 heterocycles. The van der Waals surface area contributed by atoms with Crippen molar-refractivity contribution in [3.8, 4) is 28.8 Å². The summed E-state index contributed by atoms with van der Waals surface area (Å²) in [6, 6.07) is 16.6. The highest BCUT2D eigenvalue weighted by atomic mass is 16.5. The number of hydrogen-bond donors (Lipinski definition) is 1. The van der Waals surface area contributed by atoms with E-state index in [9.17, 15) is 4.79 Å². The van der Waals surface area contributed by atoms with Crippen molar-refractivity contribution in [3.05, 3.63) is 66.4 Å². The number of oxazole rings is 1. The van der Waals surface area contributed by atoms with Crippen molar-refractivity contribution in [2.45, 2.75) is 25.8 Å². The number of hydrogen-bond acceptors (Lipinski definition) is 6. The van der Waals surface area contributed by atoms with Crippen molar-refractivity contribution in [1.82, 2.24) is 20.2 Å². The van der Waals surface area contributed by atoms with Crippen LogP contribution in [0.4, 0.5) is 4.79 Å². The zero-order valence-electron chi connectivity index (χ0n) is 20.0. The van der Waals surface area contributed by atoms with Gasteiger partial charge in [0.15, 0.2) is 5.58 Å². The van der Waals surface area contributed by atoms with Gasteiger partial charge in [-0.15, -0.1) is 0 Å². The number of benzene rings is 2. The molecule has 180 valence electrons. The summed E-state index contributed by atoms with van der Waals surface area (Å²) in [4.78, 5) is 22.4. The molecule has 8 nitrogen and oxygen atoms in total. The van der Waals surface area contributed by atoms with Crippen LogP contribution >= 0.6 is 0 Å². The van der Waals surface area contributed by atoms with Gasteiger partial charge in [0.25, 0.3) is 0 Å². The molecule has 1 N–H and O–H groups in total. The lowest BCUT2D eigenvalue weighted by Crippen LogP contribution is -2.36. The molecule has 0 saturated heterocycles. The third kappa shape index (κ3) is 5.54. The second kappa shape index (κ2) is 9.66. The molecule has 5 rings (SSSR count). The number of urea groups is 1. The number of nitrogens with zero attached hydrogens (tertiary/aromatic N) is 3. The predicted octanol–water partition coefficient (Wildman–Crippen LogP) is 5.80. The molecule has 2 aromatic carbocycles. The van der Waals surface area contributed by atoms with Crippen molar-refractivity contribution < 1.29 is 18.7 Å². The van der Waals surface area contributed by atoms with Gasteiger partial charge in [0.05, 0.1) is 18.2 Å². The molecule has 0 spiro atoms. The summed E-state index contributed by atoms with van der Waals surface area (Å²) in [6.07, 6.45) is 4.18. The van der Waals surface area contributed by atoms with E-state index in [0.717, 1.165) is 29.0 Å². The molecule has 1 aliphatic carbocycles. The van der Waals surface area contributed by atoms with Crippen LogP contribution in [-0.4, -0.2) is 41.6 Å². The van der Waals surface area contributed by atoms with Gasteiger partial charge in [0, 0.05) is 32.4 Å². The minimum Gasteiger partial charge on any atom is -0.493 e. The lowest BCUT2D eigenvalue weighted by Gasteiger charge is -2.18. The molecule has 1 fully saturated rings. The fourth-order valence-electron chi connectivity index (χ4n) is 3.55. The van der Waals surface area contributed by atoms with Gasteiger partial charge in [-0.2, -0.15) is 0 Å². The molecular weight excluding hydrogens is 444 g/mol. The molecule has 1 aliphatic rings. The Morgan fingerprint density at radius 3 is 2.71 bits per heavy atom. The van der Waals surface area contributed by atoms with E-state index in [2.05, 4.69) is 15.3 Å². The Labute approximate surface area is 203 Å². The van der Waals surface area contributed by atoms with E-state index in [1.165, 1.54) is 17.7 Å².